The molecule has 0 bridgehead atoms. The lowest BCUT2D eigenvalue weighted by Crippen LogP contribution is -2.38. The van der Waals surface area contributed by atoms with Gasteiger partial charge >= 0.3 is 0 Å². The number of nitrogens with one attached hydrogen (secondary N) is 1. The zero-order valence-electron chi connectivity index (χ0n) is 13.7. The van der Waals surface area contributed by atoms with Crippen molar-refractivity contribution in [3.8, 4) is 0 Å². The van der Waals surface area contributed by atoms with Crippen molar-refractivity contribution in [2.75, 3.05) is 13.1 Å². The average molecular weight is 326 g/mol. The Morgan fingerprint density at radius 2 is 2.25 bits per heavy atom. The van der Waals surface area contributed by atoms with E-state index in [1.165, 1.54) is 32.1 Å². The maximum Gasteiger partial charge on any atom is 0.271 e. The van der Waals surface area contributed by atoms with Gasteiger partial charge in [-0.1, -0.05) is 6.42 Å². The molecule has 3 heterocycles. The topological polar surface area (TPSA) is 79.7 Å². The summed E-state index contributed by atoms with van der Waals surface area (Å²) in [6.07, 6.45) is 9.75. The maximum atomic E-state index is 12.7. The van der Waals surface area contributed by atoms with Gasteiger partial charge in [0.1, 0.15) is 17.8 Å². The van der Waals surface area contributed by atoms with E-state index in [9.17, 15) is 4.79 Å². The first-order valence-electron chi connectivity index (χ1n) is 8.91. The summed E-state index contributed by atoms with van der Waals surface area (Å²) in [6, 6.07) is 1.75. The molecule has 7 nitrogen and oxygen atoms in total. The molecule has 1 saturated heterocycles. The number of carbonyl (C=O) groups is 1. The van der Waals surface area contributed by atoms with E-state index in [4.69, 9.17) is 0 Å². The second-order valence-corrected chi connectivity index (χ2v) is 7.71. The Morgan fingerprint density at radius 3 is 2.92 bits per heavy atom. The Balaban J connectivity index is 1.43. The second kappa shape index (κ2) is 5.16. The molecule has 0 radical (unpaired) electrons. The molecule has 2 saturated carbocycles. The van der Waals surface area contributed by atoms with Crippen molar-refractivity contribution in [2.24, 2.45) is 11.3 Å². The normalized spacial score (nSPS) is 25.2. The Bertz CT molecular complexity index is 743. The van der Waals surface area contributed by atoms with Crippen LogP contribution in [-0.2, 0) is 6.54 Å². The van der Waals surface area contributed by atoms with E-state index in [-0.39, 0.29) is 11.3 Å². The smallest absolute Gasteiger partial charge is 0.271 e. The third-order valence-electron chi connectivity index (χ3n) is 6.12. The highest BCUT2D eigenvalue weighted by atomic mass is 16.2. The number of hydrogen-bond donors (Lipinski definition) is 1. The van der Waals surface area contributed by atoms with Gasteiger partial charge in [0.15, 0.2) is 0 Å². The van der Waals surface area contributed by atoms with Gasteiger partial charge in [-0.25, -0.2) is 0 Å². The van der Waals surface area contributed by atoms with Crippen LogP contribution >= 0.6 is 0 Å². The predicted molar refractivity (Wildman–Crippen MR) is 86.3 cm³/mol. The summed E-state index contributed by atoms with van der Waals surface area (Å²) < 4.78 is 2.24. The molecule has 3 fully saturated rings. The molecule has 1 amide bonds. The van der Waals surface area contributed by atoms with Gasteiger partial charge in [0.05, 0.1) is 0 Å². The first-order chi connectivity index (χ1) is 11.8. The highest BCUT2D eigenvalue weighted by molar-refractivity contribution is 5.92. The van der Waals surface area contributed by atoms with Gasteiger partial charge in [0.2, 0.25) is 0 Å². The monoisotopic (exact) mass is 326 g/mol. The van der Waals surface area contributed by atoms with Gasteiger partial charge in [-0.2, -0.15) is 5.10 Å². The van der Waals surface area contributed by atoms with E-state index in [0.29, 0.717) is 11.6 Å². The summed E-state index contributed by atoms with van der Waals surface area (Å²) in [5.74, 6) is 2.23. The van der Waals surface area contributed by atoms with Gasteiger partial charge in [-0.3, -0.25) is 9.89 Å². The van der Waals surface area contributed by atoms with Gasteiger partial charge in [-0.15, -0.1) is 10.2 Å². The number of hydrogen-bond acceptors (Lipinski definition) is 4. The SMILES string of the molecule is O=C(c1ccn[nH]1)N1CC(c2nncn2CC2CC2)C2(CCC2)C1. The van der Waals surface area contributed by atoms with Crippen molar-refractivity contribution >= 4 is 5.91 Å². The number of carbonyl (C=O) groups excluding carboxylic acids is 1. The lowest BCUT2D eigenvalue weighted by Gasteiger charge is -2.42. The minimum absolute atomic E-state index is 0.0505. The van der Waals surface area contributed by atoms with Crippen molar-refractivity contribution in [2.45, 2.75) is 44.6 Å². The Hall–Kier alpha value is -2.18. The van der Waals surface area contributed by atoms with Crippen molar-refractivity contribution in [1.29, 1.82) is 0 Å². The summed E-state index contributed by atoms with van der Waals surface area (Å²) in [7, 11) is 0. The van der Waals surface area contributed by atoms with Crippen LogP contribution in [0.5, 0.6) is 0 Å². The standard InChI is InChI=1S/C17H22N6O/c24-16(14-4-7-18-20-14)22-9-13(17(10-22)5-1-6-17)15-21-19-11-23(15)8-12-2-3-12/h4,7,11-13H,1-3,5-6,8-10H2,(H,18,20). The highest BCUT2D eigenvalue weighted by Crippen LogP contribution is 2.55. The fraction of sp³-hybridized carbons (Fsp3) is 0.647. The van der Waals surface area contributed by atoms with Crippen LogP contribution in [0.4, 0.5) is 0 Å². The van der Waals surface area contributed by atoms with Crippen molar-refractivity contribution < 1.29 is 4.79 Å². The van der Waals surface area contributed by atoms with E-state index in [2.05, 4.69) is 25.0 Å². The van der Waals surface area contributed by atoms with Crippen LogP contribution in [0.1, 0.15) is 54.3 Å². The van der Waals surface area contributed by atoms with E-state index in [0.717, 1.165) is 31.4 Å². The van der Waals surface area contributed by atoms with Gasteiger partial charge in [0.25, 0.3) is 5.91 Å². The number of rotatable bonds is 4. The van der Waals surface area contributed by atoms with E-state index in [1.54, 1.807) is 12.3 Å². The molecular weight excluding hydrogens is 304 g/mol. The van der Waals surface area contributed by atoms with Crippen LogP contribution in [0.25, 0.3) is 0 Å². The van der Waals surface area contributed by atoms with Gasteiger partial charge in [-0.05, 0) is 43.1 Å². The maximum absolute atomic E-state index is 12.7. The van der Waals surface area contributed by atoms with E-state index in [1.807, 2.05) is 11.2 Å². The molecule has 0 aromatic carbocycles. The average Bonchev–Trinajstić information content (AvgIpc) is 3.00. The molecule has 2 aromatic heterocycles. The van der Waals surface area contributed by atoms with Gasteiger partial charge in [0, 0.05) is 31.7 Å². The fourth-order valence-electron chi connectivity index (χ4n) is 4.41. The van der Waals surface area contributed by atoms with E-state index < -0.39 is 0 Å². The van der Waals surface area contributed by atoms with Crippen LogP contribution in [-0.4, -0.2) is 48.9 Å². The quantitative estimate of drug-likeness (QED) is 0.929. The van der Waals surface area contributed by atoms with Crippen LogP contribution in [0.2, 0.25) is 0 Å². The minimum atomic E-state index is 0.0505. The molecule has 126 valence electrons. The van der Waals surface area contributed by atoms with Crippen molar-refractivity contribution in [3.63, 3.8) is 0 Å². The Morgan fingerprint density at radius 1 is 1.38 bits per heavy atom. The van der Waals surface area contributed by atoms with Crippen LogP contribution in [0.3, 0.4) is 0 Å². The minimum Gasteiger partial charge on any atom is -0.336 e. The molecule has 24 heavy (non-hydrogen) atoms. The molecule has 1 N–H and O–H groups in total. The fourth-order valence-corrected chi connectivity index (χ4v) is 4.41. The zero-order chi connectivity index (χ0) is 16.1. The zero-order valence-corrected chi connectivity index (χ0v) is 13.7. The van der Waals surface area contributed by atoms with Crippen LogP contribution in [0.15, 0.2) is 18.6 Å². The number of amides is 1. The number of nitrogens with zero attached hydrogens (tertiary/aromatic N) is 5. The number of H-pyrrole nitrogens is 1. The summed E-state index contributed by atoms with van der Waals surface area (Å²) >= 11 is 0. The summed E-state index contributed by atoms with van der Waals surface area (Å²) in [4.78, 5) is 14.7. The van der Waals surface area contributed by atoms with Crippen LogP contribution < -0.4 is 0 Å². The molecular formula is C17H22N6O. The Labute approximate surface area is 140 Å². The molecule has 5 rings (SSSR count). The molecule has 2 aromatic rings. The molecule has 1 atom stereocenters. The first-order valence-corrected chi connectivity index (χ1v) is 8.91. The third-order valence-corrected chi connectivity index (χ3v) is 6.12. The van der Waals surface area contributed by atoms with Crippen molar-refractivity contribution in [1.82, 2.24) is 29.9 Å². The molecule has 1 unspecified atom stereocenters. The van der Waals surface area contributed by atoms with Gasteiger partial charge < -0.3 is 9.47 Å². The molecule has 1 aliphatic heterocycles. The molecule has 1 spiro atoms. The molecule has 2 aliphatic carbocycles. The summed E-state index contributed by atoms with van der Waals surface area (Å²) in [5, 5.41) is 15.4. The summed E-state index contributed by atoms with van der Waals surface area (Å²) in [6.45, 7) is 2.59. The Kier molecular flexibility index (Phi) is 3.05. The lowest BCUT2D eigenvalue weighted by molar-refractivity contribution is 0.0717. The lowest BCUT2D eigenvalue weighted by atomic mass is 9.62. The first kappa shape index (κ1) is 14.2. The predicted octanol–water partition coefficient (Wildman–Crippen LogP) is 1.82. The third kappa shape index (κ3) is 2.17. The van der Waals surface area contributed by atoms with E-state index >= 15 is 0 Å². The largest absolute Gasteiger partial charge is 0.336 e. The highest BCUT2D eigenvalue weighted by Gasteiger charge is 2.53. The number of aromatic nitrogens is 5. The van der Waals surface area contributed by atoms with Crippen molar-refractivity contribution in [3.05, 3.63) is 30.1 Å². The summed E-state index contributed by atoms with van der Waals surface area (Å²) in [5.41, 5.74) is 0.772. The molecule has 3 aliphatic rings. The number of likely N-dealkylation sites (tertiary alicyclic amines) is 1. The van der Waals surface area contributed by atoms with Crippen LogP contribution in [0, 0.1) is 11.3 Å². The molecule has 7 heteroatoms. The second-order valence-electron chi connectivity index (χ2n) is 7.71. The number of aromatic amines is 1.